The Labute approximate surface area is 157 Å². The summed E-state index contributed by atoms with van der Waals surface area (Å²) in [5, 5.41) is 1.10. The summed E-state index contributed by atoms with van der Waals surface area (Å²) in [7, 11) is 3.24. The van der Waals surface area contributed by atoms with Crippen molar-refractivity contribution in [2.75, 3.05) is 27.4 Å². The van der Waals surface area contributed by atoms with E-state index in [4.69, 9.17) is 14.2 Å². The molecule has 0 fully saturated rings. The first kappa shape index (κ1) is 17.3. The Hall–Kier alpha value is -3.15. The molecule has 0 saturated carbocycles. The van der Waals surface area contributed by atoms with E-state index in [2.05, 4.69) is 4.98 Å². The maximum atomic E-state index is 12.7. The molecule has 0 aliphatic carbocycles. The first-order chi connectivity index (χ1) is 13.2. The summed E-state index contributed by atoms with van der Waals surface area (Å²) in [5.41, 5.74) is 3.41. The van der Waals surface area contributed by atoms with Crippen molar-refractivity contribution in [2.24, 2.45) is 0 Å². The number of H-pyrrole nitrogens is 1. The van der Waals surface area contributed by atoms with E-state index in [1.165, 1.54) is 5.69 Å². The summed E-state index contributed by atoms with van der Waals surface area (Å²) in [4.78, 5) is 18.0. The average molecular weight is 366 g/mol. The van der Waals surface area contributed by atoms with Gasteiger partial charge >= 0.3 is 0 Å². The Bertz CT molecular complexity index is 979. The van der Waals surface area contributed by atoms with E-state index in [1.807, 2.05) is 41.3 Å². The zero-order valence-electron chi connectivity index (χ0n) is 15.5. The summed E-state index contributed by atoms with van der Waals surface area (Å²) in [6.07, 6.45) is 0.798. The topological polar surface area (TPSA) is 63.8 Å². The third kappa shape index (κ3) is 3.30. The molecule has 1 amide bonds. The summed E-state index contributed by atoms with van der Waals surface area (Å²) in [6, 6.07) is 13.3. The summed E-state index contributed by atoms with van der Waals surface area (Å²) >= 11 is 0. The number of aromatic nitrogens is 1. The number of nitrogens with one attached hydrogen (secondary N) is 1. The molecule has 27 heavy (non-hydrogen) atoms. The molecule has 6 nitrogen and oxygen atoms in total. The SMILES string of the molecule is COc1ccc2[nH]c3c(c2c1)CN(C(=O)COc1ccccc1OC)CC3. The zero-order chi connectivity index (χ0) is 18.8. The van der Waals surface area contributed by atoms with Crippen LogP contribution in [0.4, 0.5) is 0 Å². The normalized spacial score (nSPS) is 13.3. The number of aromatic amines is 1. The number of benzene rings is 2. The largest absolute Gasteiger partial charge is 0.497 e. The van der Waals surface area contributed by atoms with E-state index in [-0.39, 0.29) is 12.5 Å². The first-order valence-corrected chi connectivity index (χ1v) is 8.90. The van der Waals surface area contributed by atoms with Crippen LogP contribution in [0.25, 0.3) is 10.9 Å². The van der Waals surface area contributed by atoms with Crippen molar-refractivity contribution in [2.45, 2.75) is 13.0 Å². The molecule has 0 saturated heterocycles. The number of ether oxygens (including phenoxy) is 3. The van der Waals surface area contributed by atoms with Crippen molar-refractivity contribution in [3.63, 3.8) is 0 Å². The number of rotatable bonds is 5. The van der Waals surface area contributed by atoms with Crippen LogP contribution in [0, 0.1) is 0 Å². The summed E-state index contributed by atoms with van der Waals surface area (Å²) in [6.45, 7) is 1.23. The molecule has 0 radical (unpaired) electrons. The molecule has 4 rings (SSSR count). The fourth-order valence-electron chi connectivity index (χ4n) is 3.50. The third-order valence-electron chi connectivity index (χ3n) is 4.96. The highest BCUT2D eigenvalue weighted by Gasteiger charge is 2.24. The molecule has 2 heterocycles. The molecule has 1 N–H and O–H groups in total. The van der Waals surface area contributed by atoms with Gasteiger partial charge in [-0.1, -0.05) is 12.1 Å². The van der Waals surface area contributed by atoms with Gasteiger partial charge in [0.05, 0.1) is 14.2 Å². The Kier molecular flexibility index (Phi) is 4.62. The Balaban J connectivity index is 1.49. The molecule has 1 aliphatic heterocycles. The van der Waals surface area contributed by atoms with Crippen LogP contribution < -0.4 is 14.2 Å². The van der Waals surface area contributed by atoms with Gasteiger partial charge in [0.2, 0.25) is 0 Å². The number of carbonyl (C=O) groups is 1. The fourth-order valence-corrected chi connectivity index (χ4v) is 3.50. The van der Waals surface area contributed by atoms with Crippen molar-refractivity contribution in [1.29, 1.82) is 0 Å². The molecule has 6 heteroatoms. The number of fused-ring (bicyclic) bond motifs is 3. The number of amides is 1. The minimum Gasteiger partial charge on any atom is -0.497 e. The molecule has 0 unspecified atom stereocenters. The standard InChI is InChI=1S/C21H22N2O4/c1-25-14-7-8-17-15(11-14)16-12-23(10-9-18(16)22-17)21(24)13-27-20-6-4-3-5-19(20)26-2/h3-8,11,22H,9-10,12-13H2,1-2H3. The van der Waals surface area contributed by atoms with Crippen LogP contribution >= 0.6 is 0 Å². The molecular weight excluding hydrogens is 344 g/mol. The molecule has 140 valence electrons. The second-order valence-corrected chi connectivity index (χ2v) is 6.50. The lowest BCUT2D eigenvalue weighted by Crippen LogP contribution is -2.38. The van der Waals surface area contributed by atoms with Gasteiger partial charge in [-0.15, -0.1) is 0 Å². The van der Waals surface area contributed by atoms with E-state index in [9.17, 15) is 4.79 Å². The average Bonchev–Trinajstić information content (AvgIpc) is 3.09. The lowest BCUT2D eigenvalue weighted by Gasteiger charge is -2.27. The van der Waals surface area contributed by atoms with E-state index in [0.717, 1.165) is 28.6 Å². The van der Waals surface area contributed by atoms with Gasteiger partial charge in [0.1, 0.15) is 5.75 Å². The van der Waals surface area contributed by atoms with Crippen LogP contribution in [0.15, 0.2) is 42.5 Å². The van der Waals surface area contributed by atoms with Crippen molar-refractivity contribution in [1.82, 2.24) is 9.88 Å². The molecular formula is C21H22N2O4. The number of hydrogen-bond acceptors (Lipinski definition) is 4. The predicted octanol–water partition coefficient (Wildman–Crippen LogP) is 3.15. The monoisotopic (exact) mass is 366 g/mol. The molecule has 0 bridgehead atoms. The highest BCUT2D eigenvalue weighted by molar-refractivity contribution is 5.87. The minimum atomic E-state index is -0.0381. The van der Waals surface area contributed by atoms with E-state index in [0.29, 0.717) is 24.6 Å². The second kappa shape index (κ2) is 7.23. The third-order valence-corrected chi connectivity index (χ3v) is 4.96. The molecule has 1 aliphatic rings. The van der Waals surface area contributed by atoms with E-state index < -0.39 is 0 Å². The molecule has 0 atom stereocenters. The van der Waals surface area contributed by atoms with Gasteiger partial charge in [0.25, 0.3) is 5.91 Å². The number of carbonyl (C=O) groups excluding carboxylic acids is 1. The van der Waals surface area contributed by atoms with Gasteiger partial charge in [0.15, 0.2) is 18.1 Å². The van der Waals surface area contributed by atoms with Crippen LogP contribution in [-0.4, -0.2) is 43.2 Å². The maximum absolute atomic E-state index is 12.7. The minimum absolute atomic E-state index is 0.0125. The molecule has 0 spiro atoms. The van der Waals surface area contributed by atoms with Crippen molar-refractivity contribution in [3.8, 4) is 17.2 Å². The zero-order valence-corrected chi connectivity index (χ0v) is 15.5. The van der Waals surface area contributed by atoms with Gasteiger partial charge < -0.3 is 24.1 Å². The highest BCUT2D eigenvalue weighted by atomic mass is 16.5. The van der Waals surface area contributed by atoms with Gasteiger partial charge in [-0.25, -0.2) is 0 Å². The first-order valence-electron chi connectivity index (χ1n) is 8.90. The number of methoxy groups -OCH3 is 2. The van der Waals surface area contributed by atoms with Gasteiger partial charge in [-0.2, -0.15) is 0 Å². The van der Waals surface area contributed by atoms with Gasteiger partial charge in [-0.05, 0) is 30.3 Å². The van der Waals surface area contributed by atoms with Crippen LogP contribution in [0.5, 0.6) is 17.2 Å². The van der Waals surface area contributed by atoms with E-state index >= 15 is 0 Å². The van der Waals surface area contributed by atoms with Crippen LogP contribution in [0.3, 0.4) is 0 Å². The number of hydrogen-bond donors (Lipinski definition) is 1. The smallest absolute Gasteiger partial charge is 0.260 e. The number of para-hydroxylation sites is 2. The van der Waals surface area contributed by atoms with Crippen LogP contribution in [-0.2, 0) is 17.8 Å². The van der Waals surface area contributed by atoms with E-state index in [1.54, 1.807) is 20.3 Å². The Morgan fingerprint density at radius 1 is 1.11 bits per heavy atom. The molecule has 1 aromatic heterocycles. The molecule has 3 aromatic rings. The number of nitrogens with zero attached hydrogens (tertiary/aromatic N) is 1. The van der Waals surface area contributed by atoms with Crippen molar-refractivity contribution in [3.05, 3.63) is 53.7 Å². The van der Waals surface area contributed by atoms with Crippen LogP contribution in [0.1, 0.15) is 11.3 Å². The summed E-state index contributed by atoms with van der Waals surface area (Å²) in [5.74, 6) is 1.97. The second-order valence-electron chi connectivity index (χ2n) is 6.50. The van der Waals surface area contributed by atoms with Crippen LogP contribution in [0.2, 0.25) is 0 Å². The lowest BCUT2D eigenvalue weighted by atomic mass is 10.0. The predicted molar refractivity (Wildman–Crippen MR) is 102 cm³/mol. The molecule has 2 aromatic carbocycles. The van der Waals surface area contributed by atoms with Crippen molar-refractivity contribution >= 4 is 16.8 Å². The Morgan fingerprint density at radius 3 is 2.70 bits per heavy atom. The highest BCUT2D eigenvalue weighted by Crippen LogP contribution is 2.31. The van der Waals surface area contributed by atoms with Gasteiger partial charge in [0, 0.05) is 41.7 Å². The fraction of sp³-hybridized carbons (Fsp3) is 0.286. The van der Waals surface area contributed by atoms with Crippen molar-refractivity contribution < 1.29 is 19.0 Å². The van der Waals surface area contributed by atoms with Gasteiger partial charge in [-0.3, -0.25) is 4.79 Å². The summed E-state index contributed by atoms with van der Waals surface area (Å²) < 4.78 is 16.3. The lowest BCUT2D eigenvalue weighted by molar-refractivity contribution is -0.134. The maximum Gasteiger partial charge on any atom is 0.260 e. The Morgan fingerprint density at radius 2 is 1.93 bits per heavy atom. The quantitative estimate of drug-likeness (QED) is 0.753.